The number of halogens is 2. The minimum Gasteiger partial charge on any atom is -0.382 e. The summed E-state index contributed by atoms with van der Waals surface area (Å²) >= 11 is 0. The van der Waals surface area contributed by atoms with Crippen LogP contribution in [0.15, 0.2) is 53.5 Å². The van der Waals surface area contributed by atoms with E-state index in [1.54, 1.807) is 12.1 Å². The molecule has 174 valence electrons. The SMILES string of the molecule is CCNC(=NCc1cccc(C)c1)NCCCc1nn(-c2ccc(F)cc2)c(N)c1C#N.I. The van der Waals surface area contributed by atoms with Crippen LogP contribution >= 0.6 is 24.0 Å². The number of nitrogen functional groups attached to an aromatic ring is 1. The molecule has 0 radical (unpaired) electrons. The van der Waals surface area contributed by atoms with E-state index in [1.165, 1.54) is 22.4 Å². The Morgan fingerprint density at radius 3 is 2.64 bits per heavy atom. The first-order chi connectivity index (χ1) is 15.5. The first-order valence-corrected chi connectivity index (χ1v) is 10.6. The fourth-order valence-electron chi connectivity index (χ4n) is 3.34. The highest BCUT2D eigenvalue weighted by Gasteiger charge is 2.16. The number of aromatic nitrogens is 2. The molecule has 0 saturated heterocycles. The van der Waals surface area contributed by atoms with E-state index >= 15 is 0 Å². The fourth-order valence-corrected chi connectivity index (χ4v) is 3.34. The van der Waals surface area contributed by atoms with Crippen molar-refractivity contribution >= 4 is 35.8 Å². The normalized spacial score (nSPS) is 10.9. The second-order valence-corrected chi connectivity index (χ2v) is 7.42. The van der Waals surface area contributed by atoms with Crippen molar-refractivity contribution in [2.45, 2.75) is 33.2 Å². The lowest BCUT2D eigenvalue weighted by Crippen LogP contribution is -2.37. The highest BCUT2D eigenvalue weighted by Crippen LogP contribution is 2.21. The second kappa shape index (κ2) is 12.8. The first-order valence-electron chi connectivity index (χ1n) is 10.6. The Bertz CT molecular complexity index is 1120. The molecule has 4 N–H and O–H groups in total. The average molecular weight is 561 g/mol. The predicted octanol–water partition coefficient (Wildman–Crippen LogP) is 4.08. The minimum absolute atomic E-state index is 0. The summed E-state index contributed by atoms with van der Waals surface area (Å²) in [7, 11) is 0. The molecule has 7 nitrogen and oxygen atoms in total. The Labute approximate surface area is 210 Å². The van der Waals surface area contributed by atoms with Gasteiger partial charge in [-0.15, -0.1) is 24.0 Å². The minimum atomic E-state index is -0.341. The van der Waals surface area contributed by atoms with Gasteiger partial charge in [-0.05, 0) is 56.5 Å². The maximum atomic E-state index is 13.2. The van der Waals surface area contributed by atoms with Crippen LogP contribution in [0.2, 0.25) is 0 Å². The first kappa shape index (κ1) is 26.1. The standard InChI is InChI=1S/C24H28FN7.HI/c1-3-28-24(30-16-18-7-4-6-17(2)14-18)29-13-5-8-22-21(15-26)23(27)32(31-22)20-11-9-19(25)10-12-20;/h4,6-7,9-12,14H,3,5,8,13,16,27H2,1-2H3,(H2,28,29,30);1H. The van der Waals surface area contributed by atoms with Gasteiger partial charge in [-0.2, -0.15) is 10.4 Å². The zero-order chi connectivity index (χ0) is 22.9. The molecule has 0 aliphatic carbocycles. The maximum absolute atomic E-state index is 13.2. The van der Waals surface area contributed by atoms with Crippen molar-refractivity contribution in [1.29, 1.82) is 5.26 Å². The zero-order valence-electron chi connectivity index (χ0n) is 18.8. The van der Waals surface area contributed by atoms with Crippen LogP contribution < -0.4 is 16.4 Å². The zero-order valence-corrected chi connectivity index (χ0v) is 21.1. The molecular weight excluding hydrogens is 532 g/mol. The molecular formula is C24H29FIN7. The van der Waals surface area contributed by atoms with E-state index in [4.69, 9.17) is 5.73 Å². The van der Waals surface area contributed by atoms with Gasteiger partial charge in [0, 0.05) is 13.1 Å². The third kappa shape index (κ3) is 7.18. The number of nitrogens with one attached hydrogen (secondary N) is 2. The van der Waals surface area contributed by atoms with Gasteiger partial charge in [0.05, 0.1) is 17.9 Å². The van der Waals surface area contributed by atoms with Crippen molar-refractivity contribution in [2.24, 2.45) is 4.99 Å². The summed E-state index contributed by atoms with van der Waals surface area (Å²) in [6.45, 7) is 6.10. The highest BCUT2D eigenvalue weighted by molar-refractivity contribution is 14.0. The second-order valence-electron chi connectivity index (χ2n) is 7.42. The van der Waals surface area contributed by atoms with Gasteiger partial charge >= 0.3 is 0 Å². The average Bonchev–Trinajstić information content (AvgIpc) is 3.10. The summed E-state index contributed by atoms with van der Waals surface area (Å²) in [4.78, 5) is 4.64. The lowest BCUT2D eigenvalue weighted by atomic mass is 10.1. The lowest BCUT2D eigenvalue weighted by molar-refractivity contribution is 0.627. The summed E-state index contributed by atoms with van der Waals surface area (Å²) in [5, 5.41) is 20.6. The van der Waals surface area contributed by atoms with Gasteiger partial charge in [-0.1, -0.05) is 29.8 Å². The van der Waals surface area contributed by atoms with Crippen LogP contribution in [-0.2, 0) is 13.0 Å². The van der Waals surface area contributed by atoms with E-state index in [-0.39, 0.29) is 35.6 Å². The lowest BCUT2D eigenvalue weighted by Gasteiger charge is -2.11. The number of aryl methyl sites for hydroxylation is 2. The van der Waals surface area contributed by atoms with Gasteiger partial charge in [-0.3, -0.25) is 0 Å². The van der Waals surface area contributed by atoms with Crippen LogP contribution in [-0.4, -0.2) is 28.8 Å². The van der Waals surface area contributed by atoms with Crippen LogP contribution in [0.25, 0.3) is 5.69 Å². The van der Waals surface area contributed by atoms with Gasteiger partial charge in [0.2, 0.25) is 0 Å². The van der Waals surface area contributed by atoms with E-state index in [0.717, 1.165) is 24.5 Å². The molecule has 0 unspecified atom stereocenters. The number of aliphatic imine (C=N–C) groups is 1. The summed E-state index contributed by atoms with van der Waals surface area (Å²) in [6, 6.07) is 16.3. The van der Waals surface area contributed by atoms with Crippen molar-refractivity contribution in [2.75, 3.05) is 18.8 Å². The van der Waals surface area contributed by atoms with Crippen LogP contribution in [0.3, 0.4) is 0 Å². The Morgan fingerprint density at radius 2 is 1.97 bits per heavy atom. The van der Waals surface area contributed by atoms with Crippen molar-refractivity contribution in [3.8, 4) is 11.8 Å². The van der Waals surface area contributed by atoms with E-state index in [1.807, 2.05) is 13.0 Å². The molecule has 0 atom stereocenters. The summed E-state index contributed by atoms with van der Waals surface area (Å²) < 4.78 is 14.7. The fraction of sp³-hybridized carbons (Fsp3) is 0.292. The Balaban J connectivity index is 0.00000385. The van der Waals surface area contributed by atoms with Crippen molar-refractivity contribution < 1.29 is 4.39 Å². The third-order valence-corrected chi connectivity index (χ3v) is 4.91. The summed E-state index contributed by atoms with van der Waals surface area (Å²) in [5.74, 6) is 0.660. The number of nitriles is 1. The molecule has 9 heteroatoms. The van der Waals surface area contributed by atoms with Gasteiger partial charge in [0.15, 0.2) is 5.96 Å². The molecule has 1 heterocycles. The van der Waals surface area contributed by atoms with Gasteiger partial charge in [-0.25, -0.2) is 14.1 Å². The van der Waals surface area contributed by atoms with E-state index in [9.17, 15) is 9.65 Å². The van der Waals surface area contributed by atoms with Crippen LogP contribution in [0.5, 0.6) is 0 Å². The van der Waals surface area contributed by atoms with Crippen molar-refractivity contribution in [1.82, 2.24) is 20.4 Å². The number of hydrogen-bond acceptors (Lipinski definition) is 4. The monoisotopic (exact) mass is 561 g/mol. The Hall–Kier alpha value is -3.13. The molecule has 3 rings (SSSR count). The number of hydrogen-bond donors (Lipinski definition) is 3. The molecule has 0 aliphatic heterocycles. The topological polar surface area (TPSA) is 104 Å². The molecule has 1 aromatic heterocycles. The maximum Gasteiger partial charge on any atom is 0.191 e. The van der Waals surface area contributed by atoms with E-state index < -0.39 is 0 Å². The number of nitrogens with zero attached hydrogens (tertiary/aromatic N) is 4. The molecule has 3 aromatic rings. The number of anilines is 1. The van der Waals surface area contributed by atoms with Crippen molar-refractivity contribution in [3.63, 3.8) is 0 Å². The van der Waals surface area contributed by atoms with Gasteiger partial charge in [0.25, 0.3) is 0 Å². The van der Waals surface area contributed by atoms with Gasteiger partial charge < -0.3 is 16.4 Å². The quantitative estimate of drug-likeness (QED) is 0.167. The summed E-state index contributed by atoms with van der Waals surface area (Å²) in [6.07, 6.45) is 1.31. The molecule has 2 aromatic carbocycles. The molecule has 0 bridgehead atoms. The summed E-state index contributed by atoms with van der Waals surface area (Å²) in [5.41, 5.74) is 10.1. The number of benzene rings is 2. The number of guanidine groups is 1. The van der Waals surface area contributed by atoms with Crippen LogP contribution in [0.4, 0.5) is 10.2 Å². The van der Waals surface area contributed by atoms with E-state index in [0.29, 0.717) is 36.5 Å². The molecule has 0 fully saturated rings. The predicted molar refractivity (Wildman–Crippen MR) is 140 cm³/mol. The number of rotatable bonds is 8. The smallest absolute Gasteiger partial charge is 0.191 e. The third-order valence-electron chi connectivity index (χ3n) is 4.91. The molecule has 33 heavy (non-hydrogen) atoms. The van der Waals surface area contributed by atoms with Crippen LogP contribution in [0, 0.1) is 24.1 Å². The van der Waals surface area contributed by atoms with Crippen molar-refractivity contribution in [3.05, 3.63) is 76.7 Å². The molecule has 0 aliphatic rings. The number of nitrogens with two attached hydrogens (primary N) is 1. The van der Waals surface area contributed by atoms with Gasteiger partial charge in [0.1, 0.15) is 23.3 Å². The largest absolute Gasteiger partial charge is 0.382 e. The van der Waals surface area contributed by atoms with Crippen LogP contribution in [0.1, 0.15) is 35.7 Å². The highest BCUT2D eigenvalue weighted by atomic mass is 127. The molecule has 0 spiro atoms. The van der Waals surface area contributed by atoms with E-state index in [2.05, 4.69) is 51.9 Å². The Morgan fingerprint density at radius 1 is 1.21 bits per heavy atom. The molecule has 0 amide bonds. The Kier molecular flexibility index (Phi) is 10.1. The molecule has 0 saturated carbocycles.